The lowest BCUT2D eigenvalue weighted by molar-refractivity contribution is -0.150. The van der Waals surface area contributed by atoms with Crippen molar-refractivity contribution in [2.75, 3.05) is 0 Å². The van der Waals surface area contributed by atoms with Gasteiger partial charge in [-0.2, -0.15) is 0 Å². The molecule has 1 amide bonds. The fraction of sp³-hybridized carbons (Fsp3) is 0.579. The number of aliphatic carboxylic acids is 1. The summed E-state index contributed by atoms with van der Waals surface area (Å²) in [5.41, 5.74) is 1.18. The molecule has 3 rings (SSSR count). The molecule has 124 valence electrons. The molecule has 4 atom stereocenters. The average Bonchev–Trinajstić information content (AvgIpc) is 2.83. The Morgan fingerprint density at radius 2 is 1.96 bits per heavy atom. The molecule has 1 heterocycles. The molecule has 0 radical (unpaired) electrons. The third-order valence-electron chi connectivity index (χ3n) is 5.54. The van der Waals surface area contributed by atoms with Crippen LogP contribution in [0.3, 0.4) is 0 Å². The molecule has 4 nitrogen and oxygen atoms in total. The van der Waals surface area contributed by atoms with Gasteiger partial charge in [0, 0.05) is 12.0 Å². The third kappa shape index (κ3) is 2.99. The second-order valence-electron chi connectivity index (χ2n) is 6.82. The van der Waals surface area contributed by atoms with Gasteiger partial charge in [0.05, 0.1) is 0 Å². The van der Waals surface area contributed by atoms with E-state index in [9.17, 15) is 14.7 Å². The molecule has 1 aliphatic heterocycles. The number of carbonyl (C=O) groups excluding carboxylic acids is 1. The van der Waals surface area contributed by atoms with E-state index in [1.165, 1.54) is 5.56 Å². The van der Waals surface area contributed by atoms with Gasteiger partial charge in [0.15, 0.2) is 0 Å². The highest BCUT2D eigenvalue weighted by molar-refractivity contribution is 5.87. The molecule has 1 saturated heterocycles. The Bertz CT molecular complexity index is 571. The molecule has 1 aromatic carbocycles. The molecule has 1 aliphatic carbocycles. The van der Waals surface area contributed by atoms with E-state index in [0.717, 1.165) is 32.1 Å². The monoisotopic (exact) mass is 315 g/mol. The predicted molar refractivity (Wildman–Crippen MR) is 87.9 cm³/mol. The number of carbonyl (C=O) groups is 2. The molecule has 1 aromatic rings. The van der Waals surface area contributed by atoms with Gasteiger partial charge in [-0.15, -0.1) is 0 Å². The van der Waals surface area contributed by atoms with Gasteiger partial charge in [0.1, 0.15) is 6.04 Å². The number of benzene rings is 1. The zero-order chi connectivity index (χ0) is 16.4. The van der Waals surface area contributed by atoms with E-state index in [-0.39, 0.29) is 17.9 Å². The lowest BCUT2D eigenvalue weighted by Gasteiger charge is -2.33. The molecule has 2 aliphatic rings. The Morgan fingerprint density at radius 1 is 1.26 bits per heavy atom. The van der Waals surface area contributed by atoms with Crippen LogP contribution in [0.5, 0.6) is 0 Å². The molecule has 1 saturated carbocycles. The van der Waals surface area contributed by atoms with Crippen molar-refractivity contribution in [3.63, 3.8) is 0 Å². The van der Waals surface area contributed by atoms with Crippen molar-refractivity contribution in [2.24, 2.45) is 11.8 Å². The maximum atomic E-state index is 12.9. The Morgan fingerprint density at radius 3 is 2.61 bits per heavy atom. The largest absolute Gasteiger partial charge is 0.480 e. The third-order valence-corrected chi connectivity index (χ3v) is 5.54. The molecule has 2 fully saturated rings. The lowest BCUT2D eigenvalue weighted by atomic mass is 9.77. The fourth-order valence-corrected chi connectivity index (χ4v) is 4.47. The Hall–Kier alpha value is -1.84. The zero-order valence-corrected chi connectivity index (χ0v) is 13.6. The van der Waals surface area contributed by atoms with E-state index < -0.39 is 12.0 Å². The first-order valence-electron chi connectivity index (χ1n) is 8.72. The van der Waals surface area contributed by atoms with Gasteiger partial charge >= 0.3 is 5.97 Å². The number of carboxylic acids is 1. The minimum Gasteiger partial charge on any atom is -0.480 e. The van der Waals surface area contributed by atoms with Crippen LogP contribution in [-0.4, -0.2) is 34.0 Å². The highest BCUT2D eigenvalue weighted by Crippen LogP contribution is 2.43. The Labute approximate surface area is 137 Å². The first kappa shape index (κ1) is 16.0. The van der Waals surface area contributed by atoms with Gasteiger partial charge in [-0.1, -0.05) is 50.1 Å². The number of amides is 1. The number of carboxylic acid groups (broad SMARTS) is 1. The summed E-state index contributed by atoms with van der Waals surface area (Å²) in [6.45, 7) is 1.85. The van der Waals surface area contributed by atoms with Crippen LogP contribution >= 0.6 is 0 Å². The van der Waals surface area contributed by atoms with Crippen LogP contribution in [0.25, 0.3) is 0 Å². The SMILES string of the molecule is CCC(C(=O)O)N1C(=O)C2CCCCC2C1Cc1ccccc1. The van der Waals surface area contributed by atoms with Crippen LogP contribution in [0.2, 0.25) is 0 Å². The number of rotatable bonds is 5. The second kappa shape index (κ2) is 6.73. The average molecular weight is 315 g/mol. The van der Waals surface area contributed by atoms with E-state index in [2.05, 4.69) is 12.1 Å². The molecule has 1 N–H and O–H groups in total. The minimum absolute atomic E-state index is 0.0243. The molecule has 0 spiro atoms. The summed E-state index contributed by atoms with van der Waals surface area (Å²) >= 11 is 0. The van der Waals surface area contributed by atoms with Gasteiger partial charge < -0.3 is 10.0 Å². The Kier molecular flexibility index (Phi) is 4.69. The summed E-state index contributed by atoms with van der Waals surface area (Å²) in [7, 11) is 0. The van der Waals surface area contributed by atoms with Gasteiger partial charge in [0.25, 0.3) is 0 Å². The van der Waals surface area contributed by atoms with Crippen LogP contribution < -0.4 is 0 Å². The van der Waals surface area contributed by atoms with Gasteiger partial charge in [-0.05, 0) is 37.2 Å². The molecule has 23 heavy (non-hydrogen) atoms. The van der Waals surface area contributed by atoms with Gasteiger partial charge in [-0.25, -0.2) is 4.79 Å². The van der Waals surface area contributed by atoms with Crippen LogP contribution in [0.15, 0.2) is 30.3 Å². The maximum absolute atomic E-state index is 12.9. The summed E-state index contributed by atoms with van der Waals surface area (Å²) < 4.78 is 0. The molecule has 0 aromatic heterocycles. The van der Waals surface area contributed by atoms with Crippen molar-refractivity contribution in [3.05, 3.63) is 35.9 Å². The van der Waals surface area contributed by atoms with E-state index in [1.54, 1.807) is 4.90 Å². The van der Waals surface area contributed by atoms with E-state index in [4.69, 9.17) is 0 Å². The maximum Gasteiger partial charge on any atom is 0.326 e. The van der Waals surface area contributed by atoms with Crippen LogP contribution in [0.4, 0.5) is 0 Å². The van der Waals surface area contributed by atoms with Crippen LogP contribution in [0.1, 0.15) is 44.6 Å². The summed E-state index contributed by atoms with van der Waals surface area (Å²) in [6.07, 6.45) is 5.42. The van der Waals surface area contributed by atoms with Crippen molar-refractivity contribution in [2.45, 2.75) is 57.5 Å². The molecular weight excluding hydrogens is 290 g/mol. The topological polar surface area (TPSA) is 57.6 Å². The Balaban J connectivity index is 1.92. The molecule has 4 heteroatoms. The normalized spacial score (nSPS) is 28.5. The number of hydrogen-bond acceptors (Lipinski definition) is 2. The van der Waals surface area contributed by atoms with Crippen molar-refractivity contribution in [3.8, 4) is 0 Å². The van der Waals surface area contributed by atoms with Crippen molar-refractivity contribution < 1.29 is 14.7 Å². The first-order chi connectivity index (χ1) is 11.1. The highest BCUT2D eigenvalue weighted by Gasteiger charge is 2.51. The number of likely N-dealkylation sites (tertiary alicyclic amines) is 1. The van der Waals surface area contributed by atoms with Crippen molar-refractivity contribution in [1.82, 2.24) is 4.90 Å². The smallest absolute Gasteiger partial charge is 0.326 e. The van der Waals surface area contributed by atoms with Crippen molar-refractivity contribution >= 4 is 11.9 Å². The minimum atomic E-state index is -0.877. The first-order valence-corrected chi connectivity index (χ1v) is 8.72. The fourth-order valence-electron chi connectivity index (χ4n) is 4.47. The molecular formula is C19H25NO3. The number of nitrogens with zero attached hydrogens (tertiary/aromatic N) is 1. The van der Waals surface area contributed by atoms with E-state index in [1.807, 2.05) is 25.1 Å². The summed E-state index contributed by atoms with van der Waals surface area (Å²) in [4.78, 5) is 26.3. The van der Waals surface area contributed by atoms with Gasteiger partial charge in [0.2, 0.25) is 5.91 Å². The van der Waals surface area contributed by atoms with E-state index in [0.29, 0.717) is 12.3 Å². The number of hydrogen-bond donors (Lipinski definition) is 1. The highest BCUT2D eigenvalue weighted by atomic mass is 16.4. The quantitative estimate of drug-likeness (QED) is 0.908. The van der Waals surface area contributed by atoms with Crippen molar-refractivity contribution in [1.29, 1.82) is 0 Å². The zero-order valence-electron chi connectivity index (χ0n) is 13.6. The predicted octanol–water partition coefficient (Wildman–Crippen LogP) is 3.11. The molecule has 4 unspecified atom stereocenters. The van der Waals surface area contributed by atoms with E-state index >= 15 is 0 Å². The summed E-state index contributed by atoms with van der Waals surface area (Å²) in [6, 6.07) is 9.46. The summed E-state index contributed by atoms with van der Waals surface area (Å²) in [5, 5.41) is 9.57. The summed E-state index contributed by atoms with van der Waals surface area (Å²) in [5.74, 6) is -0.460. The van der Waals surface area contributed by atoms with Crippen LogP contribution in [-0.2, 0) is 16.0 Å². The lowest BCUT2D eigenvalue weighted by Crippen LogP contribution is -2.48. The standard InChI is InChI=1S/C19H25NO3/c1-2-16(19(22)23)20-17(12-13-8-4-3-5-9-13)14-10-6-7-11-15(14)18(20)21/h3-5,8-9,14-17H,2,6-7,10-12H2,1H3,(H,22,23). The van der Waals surface area contributed by atoms with Crippen LogP contribution in [0, 0.1) is 11.8 Å². The number of fused-ring (bicyclic) bond motifs is 1. The van der Waals surface area contributed by atoms with Gasteiger partial charge in [-0.3, -0.25) is 4.79 Å². The second-order valence-corrected chi connectivity index (χ2v) is 6.82. The molecule has 0 bridgehead atoms.